The van der Waals surface area contributed by atoms with E-state index < -0.39 is 5.97 Å². The van der Waals surface area contributed by atoms with Crippen molar-refractivity contribution in [2.45, 2.75) is 39.7 Å². The van der Waals surface area contributed by atoms with E-state index in [1.807, 2.05) is 49.4 Å². The first-order chi connectivity index (χ1) is 14.8. The fourth-order valence-electron chi connectivity index (χ4n) is 3.74. The van der Waals surface area contributed by atoms with Gasteiger partial charge < -0.3 is 25.4 Å². The van der Waals surface area contributed by atoms with Gasteiger partial charge in [0, 0.05) is 18.7 Å². The van der Waals surface area contributed by atoms with Gasteiger partial charge in [-0.3, -0.25) is 4.79 Å². The second kappa shape index (κ2) is 10.3. The number of carboxylic acids is 1. The van der Waals surface area contributed by atoms with Crippen LogP contribution in [0.2, 0.25) is 0 Å². The van der Waals surface area contributed by atoms with Crippen LogP contribution in [0.4, 0.5) is 21.9 Å². The summed E-state index contributed by atoms with van der Waals surface area (Å²) in [7, 11) is 0. The first-order valence-corrected chi connectivity index (χ1v) is 10.7. The van der Waals surface area contributed by atoms with Gasteiger partial charge in [0.15, 0.2) is 0 Å². The van der Waals surface area contributed by atoms with Crippen LogP contribution in [0.25, 0.3) is 0 Å². The number of urea groups is 1. The van der Waals surface area contributed by atoms with E-state index >= 15 is 0 Å². The summed E-state index contributed by atoms with van der Waals surface area (Å²) in [5, 5.41) is 14.9. The topological polar surface area (TPSA) is 90.9 Å². The van der Waals surface area contributed by atoms with Gasteiger partial charge in [-0.1, -0.05) is 37.6 Å². The lowest BCUT2D eigenvalue weighted by Crippen LogP contribution is -2.48. The van der Waals surface area contributed by atoms with Gasteiger partial charge >= 0.3 is 12.0 Å². The molecule has 3 N–H and O–H groups in total. The Bertz CT molecular complexity index is 912. The number of anilines is 3. The van der Waals surface area contributed by atoms with E-state index in [0.717, 1.165) is 23.4 Å². The number of amides is 2. The zero-order valence-corrected chi connectivity index (χ0v) is 18.4. The molecule has 1 fully saturated rings. The lowest BCUT2D eigenvalue weighted by Gasteiger charge is -2.40. The number of carbonyl (C=O) groups excluding carboxylic acids is 1. The summed E-state index contributed by atoms with van der Waals surface area (Å²) in [6.45, 7) is 8.29. The summed E-state index contributed by atoms with van der Waals surface area (Å²) in [5.41, 5.74) is 4.27. The molecule has 0 unspecified atom stereocenters. The molecule has 2 aromatic rings. The number of morpholine rings is 1. The van der Waals surface area contributed by atoms with Crippen LogP contribution >= 0.6 is 0 Å². The third-order valence-corrected chi connectivity index (χ3v) is 5.49. The summed E-state index contributed by atoms with van der Waals surface area (Å²) in [6, 6.07) is 13.2. The maximum absolute atomic E-state index is 12.7. The molecule has 0 saturated carbocycles. The van der Waals surface area contributed by atoms with E-state index in [-0.39, 0.29) is 18.5 Å². The van der Waals surface area contributed by atoms with Crippen molar-refractivity contribution in [1.29, 1.82) is 0 Å². The molecule has 1 saturated heterocycles. The molecule has 1 aliphatic heterocycles. The molecule has 1 aliphatic rings. The molecule has 0 bridgehead atoms. The number of carbonyl (C=O) groups is 2. The molecule has 3 rings (SSSR count). The minimum atomic E-state index is -0.844. The minimum Gasteiger partial charge on any atom is -0.481 e. The van der Waals surface area contributed by atoms with Gasteiger partial charge in [0.05, 0.1) is 30.6 Å². The number of benzene rings is 2. The lowest BCUT2D eigenvalue weighted by molar-refractivity contribution is -0.136. The molecule has 166 valence electrons. The molecule has 1 atom stereocenters. The monoisotopic (exact) mass is 425 g/mol. The Labute approximate surface area is 183 Å². The molecule has 2 aromatic carbocycles. The fraction of sp³-hybridized carbons (Fsp3) is 0.417. The normalized spacial score (nSPS) is 16.3. The highest BCUT2D eigenvalue weighted by atomic mass is 16.5. The van der Waals surface area contributed by atoms with E-state index in [2.05, 4.69) is 29.4 Å². The Morgan fingerprint density at radius 2 is 1.90 bits per heavy atom. The quantitative estimate of drug-likeness (QED) is 0.607. The molecule has 0 radical (unpaired) electrons. The van der Waals surface area contributed by atoms with Crippen molar-refractivity contribution in [3.63, 3.8) is 0 Å². The van der Waals surface area contributed by atoms with Crippen molar-refractivity contribution in [2.24, 2.45) is 5.92 Å². The minimum absolute atomic E-state index is 0.0422. The highest BCUT2D eigenvalue weighted by Gasteiger charge is 2.28. The van der Waals surface area contributed by atoms with Gasteiger partial charge in [-0.25, -0.2) is 4.79 Å². The fourth-order valence-corrected chi connectivity index (χ4v) is 3.74. The number of carboxylic acid groups (broad SMARTS) is 1. The number of aliphatic carboxylic acids is 1. The molecule has 0 aliphatic carbocycles. The summed E-state index contributed by atoms with van der Waals surface area (Å²) in [6.07, 6.45) is 0.446. The first kappa shape index (κ1) is 22.6. The van der Waals surface area contributed by atoms with Crippen LogP contribution in [-0.4, -0.2) is 42.9 Å². The van der Waals surface area contributed by atoms with E-state index in [9.17, 15) is 9.59 Å². The Kier molecular flexibility index (Phi) is 7.52. The molecule has 7 heteroatoms. The third-order valence-electron chi connectivity index (χ3n) is 5.49. The van der Waals surface area contributed by atoms with Crippen LogP contribution in [0, 0.1) is 12.8 Å². The van der Waals surface area contributed by atoms with Crippen molar-refractivity contribution in [3.05, 3.63) is 53.6 Å². The van der Waals surface area contributed by atoms with Gasteiger partial charge in [-0.05, 0) is 49.1 Å². The smallest absolute Gasteiger partial charge is 0.323 e. The number of nitrogens with one attached hydrogen (secondary N) is 2. The average molecular weight is 426 g/mol. The number of aryl methyl sites for hydroxylation is 2. The Balaban J connectivity index is 1.86. The summed E-state index contributed by atoms with van der Waals surface area (Å²) >= 11 is 0. The number of nitrogens with zero attached hydrogens (tertiary/aromatic N) is 1. The zero-order chi connectivity index (χ0) is 22.4. The SMILES string of the molecule is Cc1ccc(NC(=O)Nc2cc(CCC(=O)O)ccc2N2CCOC[C@@H]2C(C)C)cc1. The Hall–Kier alpha value is -3.06. The number of hydrogen-bond acceptors (Lipinski definition) is 4. The molecule has 0 spiro atoms. The molecule has 1 heterocycles. The Morgan fingerprint density at radius 1 is 1.16 bits per heavy atom. The maximum atomic E-state index is 12.7. The highest BCUT2D eigenvalue weighted by Crippen LogP contribution is 2.32. The van der Waals surface area contributed by atoms with E-state index in [1.54, 1.807) is 0 Å². The van der Waals surface area contributed by atoms with Gasteiger partial charge in [-0.15, -0.1) is 0 Å². The van der Waals surface area contributed by atoms with Crippen molar-refractivity contribution < 1.29 is 19.4 Å². The molecule has 7 nitrogen and oxygen atoms in total. The lowest BCUT2D eigenvalue weighted by atomic mass is 10.00. The molecular formula is C24H31N3O4. The van der Waals surface area contributed by atoms with E-state index in [4.69, 9.17) is 9.84 Å². The zero-order valence-electron chi connectivity index (χ0n) is 18.4. The molecule has 31 heavy (non-hydrogen) atoms. The predicted molar refractivity (Wildman–Crippen MR) is 123 cm³/mol. The summed E-state index contributed by atoms with van der Waals surface area (Å²) in [4.78, 5) is 26.0. The van der Waals surface area contributed by atoms with Crippen molar-refractivity contribution in [3.8, 4) is 0 Å². The van der Waals surface area contributed by atoms with Crippen LogP contribution in [0.1, 0.15) is 31.4 Å². The van der Waals surface area contributed by atoms with Gasteiger partial charge in [0.25, 0.3) is 0 Å². The highest BCUT2D eigenvalue weighted by molar-refractivity contribution is 6.02. The largest absolute Gasteiger partial charge is 0.481 e. The summed E-state index contributed by atoms with van der Waals surface area (Å²) < 4.78 is 5.69. The van der Waals surface area contributed by atoms with Crippen molar-refractivity contribution >= 4 is 29.1 Å². The number of ether oxygens (including phenoxy) is 1. The second-order valence-corrected chi connectivity index (χ2v) is 8.27. The van der Waals surface area contributed by atoms with Gasteiger partial charge in [0.2, 0.25) is 0 Å². The molecular weight excluding hydrogens is 394 g/mol. The second-order valence-electron chi connectivity index (χ2n) is 8.27. The van der Waals surface area contributed by atoms with Gasteiger partial charge in [-0.2, -0.15) is 0 Å². The maximum Gasteiger partial charge on any atom is 0.323 e. The average Bonchev–Trinajstić information content (AvgIpc) is 2.74. The van der Waals surface area contributed by atoms with E-state index in [1.165, 1.54) is 0 Å². The number of hydrogen-bond donors (Lipinski definition) is 3. The van der Waals surface area contributed by atoms with Crippen LogP contribution in [0.3, 0.4) is 0 Å². The van der Waals surface area contributed by atoms with Crippen LogP contribution < -0.4 is 15.5 Å². The molecule has 2 amide bonds. The van der Waals surface area contributed by atoms with Crippen molar-refractivity contribution in [2.75, 3.05) is 35.3 Å². The van der Waals surface area contributed by atoms with Crippen LogP contribution in [0.15, 0.2) is 42.5 Å². The van der Waals surface area contributed by atoms with E-state index in [0.29, 0.717) is 36.9 Å². The van der Waals surface area contributed by atoms with Crippen molar-refractivity contribution in [1.82, 2.24) is 0 Å². The Morgan fingerprint density at radius 3 is 2.58 bits per heavy atom. The standard InChI is InChI=1S/C24H31N3O4/c1-16(2)22-15-31-13-12-27(22)21-10-6-18(7-11-23(28)29)14-20(21)26-24(30)25-19-8-4-17(3)5-9-19/h4-6,8-10,14,16,22H,7,11-13,15H2,1-3H3,(H,28,29)(H2,25,26,30)/t22-/m1/s1. The number of rotatable bonds is 7. The van der Waals surface area contributed by atoms with Crippen LogP contribution in [0.5, 0.6) is 0 Å². The molecule has 0 aromatic heterocycles. The van der Waals surface area contributed by atoms with Crippen LogP contribution in [-0.2, 0) is 16.0 Å². The summed E-state index contributed by atoms with van der Waals surface area (Å²) in [5.74, 6) is -0.468. The first-order valence-electron chi connectivity index (χ1n) is 10.7. The van der Waals surface area contributed by atoms with Gasteiger partial charge in [0.1, 0.15) is 0 Å². The third kappa shape index (κ3) is 6.21. The predicted octanol–water partition coefficient (Wildman–Crippen LogP) is 4.52.